The molecule has 1 heterocycles. The Labute approximate surface area is 227 Å². The summed E-state index contributed by atoms with van der Waals surface area (Å²) in [4.78, 5) is 61.9. The Morgan fingerprint density at radius 2 is 1.45 bits per heavy atom. The fourth-order valence-corrected chi connectivity index (χ4v) is 3.60. The monoisotopic (exact) mass is 600 g/mol. The van der Waals surface area contributed by atoms with Crippen molar-refractivity contribution in [3.63, 3.8) is 0 Å². The first-order valence-corrected chi connectivity index (χ1v) is 12.3. The van der Waals surface area contributed by atoms with Gasteiger partial charge in [-0.25, -0.2) is 9.59 Å². The number of rotatable bonds is 9. The van der Waals surface area contributed by atoms with Crippen LogP contribution in [0.4, 0.5) is 15.3 Å². The van der Waals surface area contributed by atoms with Gasteiger partial charge >= 0.3 is 30.1 Å². The maximum absolute atomic E-state index is 13.3. The van der Waals surface area contributed by atoms with Crippen LogP contribution in [0.2, 0.25) is 0 Å². The molecule has 0 aromatic heterocycles. The number of anilines is 1. The zero-order valence-electron chi connectivity index (χ0n) is 21.5. The van der Waals surface area contributed by atoms with Crippen molar-refractivity contribution in [2.75, 3.05) is 24.9 Å². The standard InChI is InChI=1S/C23H29BrN4O10/c1-6-34-22(32)26-19(21(38-16(5)31)20(37-15(4)30)13-36-14(3)29)12-25-27(28(26)23(33)35-7-2)18-10-8-17(24)9-11-18/h8-12,19-21H,6-7,13H2,1-5H3/t19-,20+,21-/m0/s1. The van der Waals surface area contributed by atoms with E-state index in [2.05, 4.69) is 21.0 Å². The lowest BCUT2D eigenvalue weighted by molar-refractivity contribution is -0.180. The topological polar surface area (TPSA) is 154 Å². The lowest BCUT2D eigenvalue weighted by atomic mass is 10.1. The van der Waals surface area contributed by atoms with Crippen LogP contribution in [-0.2, 0) is 38.1 Å². The largest absolute Gasteiger partial charge is 0.462 e. The fourth-order valence-electron chi connectivity index (χ4n) is 3.34. The lowest BCUT2D eigenvalue weighted by Gasteiger charge is -2.46. The number of benzene rings is 1. The third kappa shape index (κ3) is 8.06. The normalized spacial score (nSPS) is 16.3. The van der Waals surface area contributed by atoms with Crippen molar-refractivity contribution >= 4 is 57.9 Å². The molecule has 208 valence electrons. The van der Waals surface area contributed by atoms with Crippen LogP contribution in [0.5, 0.6) is 0 Å². The summed E-state index contributed by atoms with van der Waals surface area (Å²) in [5.74, 6) is -2.29. The first kappa shape index (κ1) is 30.3. The van der Waals surface area contributed by atoms with E-state index < -0.39 is 55.0 Å². The Hall–Kier alpha value is -3.88. The van der Waals surface area contributed by atoms with Gasteiger partial charge in [0.2, 0.25) is 0 Å². The molecule has 2 amide bonds. The molecular weight excluding hydrogens is 572 g/mol. The van der Waals surface area contributed by atoms with Gasteiger partial charge in [0.25, 0.3) is 0 Å². The van der Waals surface area contributed by atoms with Crippen LogP contribution in [0.3, 0.4) is 0 Å². The smallest absolute Gasteiger partial charge is 0.450 e. The number of carbonyl (C=O) groups is 5. The number of nitrogens with zero attached hydrogens (tertiary/aromatic N) is 4. The molecule has 1 aromatic carbocycles. The molecule has 0 fully saturated rings. The molecule has 0 aliphatic carbocycles. The molecule has 0 saturated heterocycles. The van der Waals surface area contributed by atoms with Crippen LogP contribution in [-0.4, -0.2) is 84.5 Å². The molecule has 15 heteroatoms. The molecule has 0 bridgehead atoms. The molecule has 0 N–H and O–H groups in total. The van der Waals surface area contributed by atoms with Crippen molar-refractivity contribution in [1.29, 1.82) is 0 Å². The summed E-state index contributed by atoms with van der Waals surface area (Å²) in [6.45, 7) is 5.80. The number of esters is 3. The quantitative estimate of drug-likeness (QED) is 0.303. The van der Waals surface area contributed by atoms with Gasteiger partial charge in [0, 0.05) is 25.2 Å². The van der Waals surface area contributed by atoms with E-state index >= 15 is 0 Å². The number of hydrogen-bond donors (Lipinski definition) is 0. The number of amides is 2. The van der Waals surface area contributed by atoms with Crippen LogP contribution in [0.25, 0.3) is 0 Å². The van der Waals surface area contributed by atoms with Gasteiger partial charge in [0.05, 0.1) is 25.1 Å². The Kier molecular flexibility index (Phi) is 11.3. The summed E-state index contributed by atoms with van der Waals surface area (Å²) >= 11 is 3.33. The number of hydrazone groups is 1. The van der Waals surface area contributed by atoms with E-state index in [4.69, 9.17) is 23.7 Å². The van der Waals surface area contributed by atoms with E-state index in [1.165, 1.54) is 6.21 Å². The van der Waals surface area contributed by atoms with Gasteiger partial charge in [-0.15, -0.1) is 5.12 Å². The lowest BCUT2D eigenvalue weighted by Crippen LogP contribution is -2.68. The predicted molar refractivity (Wildman–Crippen MR) is 134 cm³/mol. The maximum Gasteiger partial charge on any atom is 0.450 e. The molecule has 14 nitrogen and oxygen atoms in total. The van der Waals surface area contributed by atoms with Gasteiger partial charge < -0.3 is 23.7 Å². The zero-order chi connectivity index (χ0) is 28.4. The number of hydrogen-bond acceptors (Lipinski definition) is 12. The molecule has 0 spiro atoms. The number of ether oxygens (including phenoxy) is 5. The Morgan fingerprint density at radius 1 is 0.868 bits per heavy atom. The average molecular weight is 601 g/mol. The Bertz CT molecular complexity index is 1050. The molecular formula is C23H29BrN4O10. The van der Waals surface area contributed by atoms with Gasteiger partial charge in [-0.1, -0.05) is 21.0 Å². The van der Waals surface area contributed by atoms with Crippen molar-refractivity contribution in [3.05, 3.63) is 28.7 Å². The third-order valence-corrected chi connectivity index (χ3v) is 5.24. The van der Waals surface area contributed by atoms with Crippen molar-refractivity contribution < 1.29 is 47.7 Å². The molecule has 2 rings (SSSR count). The molecule has 38 heavy (non-hydrogen) atoms. The molecule has 3 atom stereocenters. The van der Waals surface area contributed by atoms with E-state index in [1.54, 1.807) is 38.1 Å². The van der Waals surface area contributed by atoms with E-state index in [0.29, 0.717) is 5.69 Å². The number of halogens is 1. The number of carbonyl (C=O) groups excluding carboxylic acids is 5. The first-order valence-electron chi connectivity index (χ1n) is 11.5. The van der Waals surface area contributed by atoms with E-state index in [0.717, 1.165) is 40.5 Å². The summed E-state index contributed by atoms with van der Waals surface area (Å²) in [7, 11) is 0. The highest BCUT2D eigenvalue weighted by Gasteiger charge is 2.49. The van der Waals surface area contributed by atoms with Crippen LogP contribution in [0.15, 0.2) is 33.8 Å². The summed E-state index contributed by atoms with van der Waals surface area (Å²) in [5, 5.41) is 6.96. The second-order valence-corrected chi connectivity index (χ2v) is 8.49. The SMILES string of the molecule is CCOC(=O)N1[C@H]([C@H](OC(C)=O)[C@@H](COC(C)=O)OC(C)=O)C=NN(c2ccc(Br)cc2)N1C(=O)OCC. The van der Waals surface area contributed by atoms with Crippen molar-refractivity contribution in [1.82, 2.24) is 10.1 Å². The van der Waals surface area contributed by atoms with E-state index in [-0.39, 0.29) is 13.2 Å². The van der Waals surface area contributed by atoms with Crippen molar-refractivity contribution in [3.8, 4) is 0 Å². The van der Waals surface area contributed by atoms with Gasteiger partial charge in [0.1, 0.15) is 12.6 Å². The molecule has 1 aliphatic rings. The van der Waals surface area contributed by atoms with Gasteiger partial charge in [0.15, 0.2) is 12.2 Å². The Morgan fingerprint density at radius 3 is 1.97 bits per heavy atom. The highest BCUT2D eigenvalue weighted by Crippen LogP contribution is 2.29. The molecule has 0 unspecified atom stereocenters. The summed E-state index contributed by atoms with van der Waals surface area (Å²) in [5.41, 5.74) is 0.353. The molecule has 1 aliphatic heterocycles. The van der Waals surface area contributed by atoms with Crippen molar-refractivity contribution in [2.45, 2.75) is 52.9 Å². The second kappa shape index (κ2) is 14.2. The van der Waals surface area contributed by atoms with Crippen molar-refractivity contribution in [2.24, 2.45) is 5.10 Å². The minimum absolute atomic E-state index is 0.0511. The van der Waals surface area contributed by atoms with E-state index in [1.807, 2.05) is 0 Å². The minimum Gasteiger partial charge on any atom is -0.462 e. The fraction of sp³-hybridized carbons (Fsp3) is 0.478. The van der Waals surface area contributed by atoms with Crippen LogP contribution < -0.4 is 5.12 Å². The highest BCUT2D eigenvalue weighted by molar-refractivity contribution is 9.10. The molecule has 0 radical (unpaired) electrons. The predicted octanol–water partition coefficient (Wildman–Crippen LogP) is 2.80. The van der Waals surface area contributed by atoms with Gasteiger partial charge in [-0.2, -0.15) is 10.1 Å². The molecule has 0 saturated carbocycles. The highest BCUT2D eigenvalue weighted by atomic mass is 79.9. The maximum atomic E-state index is 13.3. The summed E-state index contributed by atoms with van der Waals surface area (Å²) in [6.07, 6.45) is -3.74. The molecule has 1 aromatic rings. The summed E-state index contributed by atoms with van der Waals surface area (Å²) in [6, 6.07) is 5.22. The minimum atomic E-state index is -1.49. The third-order valence-electron chi connectivity index (χ3n) is 4.71. The van der Waals surface area contributed by atoms with Crippen LogP contribution in [0.1, 0.15) is 34.6 Å². The average Bonchev–Trinajstić information content (AvgIpc) is 2.84. The second-order valence-electron chi connectivity index (χ2n) is 7.58. The van der Waals surface area contributed by atoms with E-state index in [9.17, 15) is 24.0 Å². The van der Waals surface area contributed by atoms with Gasteiger partial charge in [-0.05, 0) is 38.1 Å². The zero-order valence-corrected chi connectivity index (χ0v) is 23.1. The first-order chi connectivity index (χ1) is 18.0. The Balaban J connectivity index is 2.71. The van der Waals surface area contributed by atoms with Gasteiger partial charge in [-0.3, -0.25) is 14.4 Å². The number of hydrazine groups is 2. The van der Waals surface area contributed by atoms with Crippen LogP contribution in [0, 0.1) is 0 Å². The summed E-state index contributed by atoms with van der Waals surface area (Å²) < 4.78 is 26.9. The van der Waals surface area contributed by atoms with Crippen LogP contribution >= 0.6 is 15.9 Å².